The normalized spacial score (nSPS) is 13.7. The van der Waals surface area contributed by atoms with Crippen molar-refractivity contribution < 1.29 is 29.1 Å². The molecule has 0 aliphatic rings. The maximum atomic E-state index is 13.3. The van der Waals surface area contributed by atoms with Crippen LogP contribution in [0.5, 0.6) is 0 Å². The predicted octanol–water partition coefficient (Wildman–Crippen LogP) is 1.91. The molecule has 1 aromatic rings. The summed E-state index contributed by atoms with van der Waals surface area (Å²) >= 11 is 1.64. The Kier molecular flexibility index (Phi) is 17.2. The summed E-state index contributed by atoms with van der Waals surface area (Å²) in [5.41, 5.74) is 1.66. The Labute approximate surface area is 246 Å². The van der Waals surface area contributed by atoms with Crippen LogP contribution in [0.2, 0.25) is 0 Å². The summed E-state index contributed by atoms with van der Waals surface area (Å²) in [6, 6.07) is 5.15. The quantitative estimate of drug-likeness (QED) is 0.119. The van der Waals surface area contributed by atoms with E-state index in [1.165, 1.54) is 6.92 Å². The van der Waals surface area contributed by atoms with Gasteiger partial charge in [-0.3, -0.25) is 19.2 Å². The first-order valence-corrected chi connectivity index (χ1v) is 15.3. The second kappa shape index (κ2) is 19.7. The lowest BCUT2D eigenvalue weighted by Crippen LogP contribution is -2.56. The van der Waals surface area contributed by atoms with Crippen molar-refractivity contribution in [2.24, 2.45) is 11.8 Å². The van der Waals surface area contributed by atoms with E-state index in [1.54, 1.807) is 23.9 Å². The second-order valence-electron chi connectivity index (χ2n) is 9.97. The Morgan fingerprint density at radius 1 is 0.927 bits per heavy atom. The Balaban J connectivity index is 2.79. The molecule has 4 atom stereocenters. The number of hydrogen-bond acceptors (Lipinski definition) is 7. The fourth-order valence-electron chi connectivity index (χ4n) is 3.90. The molecule has 1 rings (SSSR count). The standard InChI is InChI=1S/C28H46N6O6S/c1-6-18(2)24(27(39)31-14-13-30-25(37)19(3)16-23(35)36)34-26(38)22(8-7-15-41-5)33-28(40)32-21-11-9-20(10-12-21)17-29-4/h9-12,18-19,22,24,29H,6-8,13-17H2,1-5H3,(H,30,37)(H,31,39)(H,34,38)(H,35,36)(H2,32,33,40)/t18-,19?,22-,24-/m0/s1. The van der Waals surface area contributed by atoms with Crippen LogP contribution in [-0.4, -0.2) is 79.1 Å². The summed E-state index contributed by atoms with van der Waals surface area (Å²) in [5, 5.41) is 25.5. The number of rotatable bonds is 19. The maximum absolute atomic E-state index is 13.3. The van der Waals surface area contributed by atoms with Gasteiger partial charge in [0.1, 0.15) is 12.1 Å². The number of benzene rings is 1. The van der Waals surface area contributed by atoms with E-state index in [9.17, 15) is 24.0 Å². The molecule has 230 valence electrons. The van der Waals surface area contributed by atoms with E-state index >= 15 is 0 Å². The number of hydrogen-bond donors (Lipinski definition) is 7. The van der Waals surface area contributed by atoms with Crippen LogP contribution in [0.1, 0.15) is 52.0 Å². The highest BCUT2D eigenvalue weighted by Gasteiger charge is 2.29. The minimum absolute atomic E-state index is 0.109. The molecule has 1 unspecified atom stereocenters. The number of carbonyl (C=O) groups is 5. The SMILES string of the molecule is CC[C@H](C)[C@H](NC(=O)[C@H](CCCSC)NC(=O)Nc1ccc(CNC)cc1)C(=O)NCCNC(=O)C(C)CC(=O)O. The molecule has 0 aliphatic carbocycles. The van der Waals surface area contributed by atoms with Gasteiger partial charge in [-0.2, -0.15) is 11.8 Å². The van der Waals surface area contributed by atoms with Crippen LogP contribution in [0.15, 0.2) is 24.3 Å². The average Bonchev–Trinajstić information content (AvgIpc) is 2.93. The van der Waals surface area contributed by atoms with Crippen LogP contribution in [0.3, 0.4) is 0 Å². The summed E-state index contributed by atoms with van der Waals surface area (Å²) in [6.07, 6.45) is 3.39. The van der Waals surface area contributed by atoms with Crippen molar-refractivity contribution in [3.63, 3.8) is 0 Å². The largest absolute Gasteiger partial charge is 0.481 e. The van der Waals surface area contributed by atoms with Gasteiger partial charge in [-0.25, -0.2) is 4.79 Å². The lowest BCUT2D eigenvalue weighted by Gasteiger charge is -2.26. The monoisotopic (exact) mass is 594 g/mol. The van der Waals surface area contributed by atoms with Gasteiger partial charge in [-0.15, -0.1) is 0 Å². The first-order chi connectivity index (χ1) is 19.5. The van der Waals surface area contributed by atoms with Gasteiger partial charge in [-0.05, 0) is 55.5 Å². The van der Waals surface area contributed by atoms with Gasteiger partial charge in [0.25, 0.3) is 0 Å². The van der Waals surface area contributed by atoms with E-state index in [-0.39, 0.29) is 25.4 Å². The number of urea groups is 1. The lowest BCUT2D eigenvalue weighted by atomic mass is 9.97. The Hall–Kier alpha value is -3.32. The highest BCUT2D eigenvalue weighted by atomic mass is 32.2. The van der Waals surface area contributed by atoms with Crippen molar-refractivity contribution in [2.75, 3.05) is 37.5 Å². The third-order valence-electron chi connectivity index (χ3n) is 6.50. The first-order valence-electron chi connectivity index (χ1n) is 13.9. The fraction of sp³-hybridized carbons (Fsp3) is 0.607. The van der Waals surface area contributed by atoms with Crippen LogP contribution in [-0.2, 0) is 25.7 Å². The summed E-state index contributed by atoms with van der Waals surface area (Å²) in [4.78, 5) is 61.8. The smallest absolute Gasteiger partial charge is 0.319 e. The van der Waals surface area contributed by atoms with Crippen LogP contribution in [0.25, 0.3) is 0 Å². The zero-order chi connectivity index (χ0) is 30.8. The first kappa shape index (κ1) is 35.7. The van der Waals surface area contributed by atoms with E-state index in [4.69, 9.17) is 5.11 Å². The van der Waals surface area contributed by atoms with Gasteiger partial charge in [0.2, 0.25) is 17.7 Å². The summed E-state index contributed by atoms with van der Waals surface area (Å²) < 4.78 is 0. The number of amides is 5. The maximum Gasteiger partial charge on any atom is 0.319 e. The molecule has 0 saturated carbocycles. The molecule has 5 amide bonds. The number of carbonyl (C=O) groups excluding carboxylic acids is 4. The topological polar surface area (TPSA) is 178 Å². The molecule has 0 aromatic heterocycles. The molecule has 0 radical (unpaired) electrons. The molecule has 0 spiro atoms. The van der Waals surface area contributed by atoms with Gasteiger partial charge in [0.15, 0.2) is 0 Å². The predicted molar refractivity (Wildman–Crippen MR) is 162 cm³/mol. The number of thioether (sulfide) groups is 1. The second-order valence-corrected chi connectivity index (χ2v) is 11.0. The van der Waals surface area contributed by atoms with Gasteiger partial charge < -0.3 is 37.0 Å². The van der Waals surface area contributed by atoms with Crippen LogP contribution in [0.4, 0.5) is 10.5 Å². The van der Waals surface area contributed by atoms with Gasteiger partial charge in [-0.1, -0.05) is 39.3 Å². The Bertz CT molecular complexity index is 993. The zero-order valence-electron chi connectivity index (χ0n) is 24.7. The molecule has 41 heavy (non-hydrogen) atoms. The Morgan fingerprint density at radius 2 is 1.56 bits per heavy atom. The third kappa shape index (κ3) is 14.2. The molecule has 0 fully saturated rings. The number of carboxylic acids is 1. The molecule has 12 nitrogen and oxygen atoms in total. The molecule has 0 heterocycles. The summed E-state index contributed by atoms with van der Waals surface area (Å²) in [6.45, 7) is 6.20. The molecule has 0 aliphatic heterocycles. The highest BCUT2D eigenvalue weighted by molar-refractivity contribution is 7.98. The molecule has 1 aromatic carbocycles. The van der Waals surface area contributed by atoms with Crippen molar-refractivity contribution in [2.45, 2.75) is 65.1 Å². The van der Waals surface area contributed by atoms with E-state index in [2.05, 4.69) is 31.9 Å². The van der Waals surface area contributed by atoms with Crippen molar-refractivity contribution in [3.8, 4) is 0 Å². The Morgan fingerprint density at radius 3 is 2.12 bits per heavy atom. The number of nitrogens with one attached hydrogen (secondary N) is 6. The van der Waals surface area contributed by atoms with Crippen molar-refractivity contribution in [1.82, 2.24) is 26.6 Å². The number of anilines is 1. The van der Waals surface area contributed by atoms with Gasteiger partial charge >= 0.3 is 12.0 Å². The van der Waals surface area contributed by atoms with Crippen molar-refractivity contribution >= 4 is 47.2 Å². The summed E-state index contributed by atoms with van der Waals surface area (Å²) in [7, 11) is 1.85. The lowest BCUT2D eigenvalue weighted by molar-refractivity contribution is -0.140. The average molecular weight is 595 g/mol. The van der Waals surface area contributed by atoms with E-state index in [0.717, 1.165) is 11.3 Å². The highest BCUT2D eigenvalue weighted by Crippen LogP contribution is 2.12. The van der Waals surface area contributed by atoms with Crippen LogP contribution < -0.4 is 31.9 Å². The molecule has 0 saturated heterocycles. The molecule has 13 heteroatoms. The zero-order valence-corrected chi connectivity index (χ0v) is 25.5. The van der Waals surface area contributed by atoms with Crippen molar-refractivity contribution in [3.05, 3.63) is 29.8 Å². The molecule has 0 bridgehead atoms. The van der Waals surface area contributed by atoms with Crippen LogP contribution in [0, 0.1) is 11.8 Å². The summed E-state index contributed by atoms with van der Waals surface area (Å²) in [5.74, 6) is -2.42. The number of aliphatic carboxylic acids is 1. The molecular formula is C28H46N6O6S. The minimum atomic E-state index is -1.06. The van der Waals surface area contributed by atoms with Crippen LogP contribution >= 0.6 is 11.8 Å². The molecular weight excluding hydrogens is 548 g/mol. The minimum Gasteiger partial charge on any atom is -0.481 e. The van der Waals surface area contributed by atoms with Crippen molar-refractivity contribution in [1.29, 1.82) is 0 Å². The van der Waals surface area contributed by atoms with Gasteiger partial charge in [0, 0.05) is 31.2 Å². The van der Waals surface area contributed by atoms with E-state index < -0.39 is 47.7 Å². The fourth-order valence-corrected chi connectivity index (χ4v) is 4.36. The van der Waals surface area contributed by atoms with E-state index in [0.29, 0.717) is 31.5 Å². The number of carboxylic acid groups (broad SMARTS) is 1. The van der Waals surface area contributed by atoms with Gasteiger partial charge in [0.05, 0.1) is 6.42 Å². The van der Waals surface area contributed by atoms with E-state index in [1.807, 2.05) is 39.3 Å². The third-order valence-corrected chi connectivity index (χ3v) is 7.20. The molecule has 7 N–H and O–H groups in total.